The van der Waals surface area contributed by atoms with Crippen molar-refractivity contribution in [2.45, 2.75) is 31.8 Å². The Morgan fingerprint density at radius 3 is 3.00 bits per heavy atom. The lowest BCUT2D eigenvalue weighted by molar-refractivity contribution is 0.0436. The maximum Gasteiger partial charge on any atom is 0.271 e. The van der Waals surface area contributed by atoms with Crippen molar-refractivity contribution in [1.29, 1.82) is 0 Å². The maximum absolute atomic E-state index is 12.6. The van der Waals surface area contributed by atoms with Gasteiger partial charge in [-0.1, -0.05) is 0 Å². The van der Waals surface area contributed by atoms with Crippen LogP contribution >= 0.6 is 0 Å². The van der Waals surface area contributed by atoms with E-state index in [0.29, 0.717) is 12.2 Å². The lowest BCUT2D eigenvalue weighted by Gasteiger charge is -2.43. The van der Waals surface area contributed by atoms with Crippen molar-refractivity contribution in [2.75, 3.05) is 26.2 Å². The van der Waals surface area contributed by atoms with E-state index in [1.807, 2.05) is 11.2 Å². The zero-order valence-corrected chi connectivity index (χ0v) is 13.7. The van der Waals surface area contributed by atoms with E-state index in [0.717, 1.165) is 38.5 Å². The van der Waals surface area contributed by atoms with Crippen LogP contribution in [0.4, 0.5) is 0 Å². The van der Waals surface area contributed by atoms with Crippen molar-refractivity contribution in [3.8, 4) is 0 Å². The minimum atomic E-state index is 0.0386. The van der Waals surface area contributed by atoms with Crippen LogP contribution in [0.15, 0.2) is 18.6 Å². The largest absolute Gasteiger partial charge is 0.334 e. The molecule has 2 aliphatic heterocycles. The number of carbonyl (C=O) groups excluding carboxylic acids is 1. The van der Waals surface area contributed by atoms with Crippen molar-refractivity contribution in [3.63, 3.8) is 0 Å². The van der Waals surface area contributed by atoms with E-state index < -0.39 is 0 Å². The third-order valence-electron chi connectivity index (χ3n) is 5.59. The molecule has 3 aliphatic rings. The van der Waals surface area contributed by atoms with Crippen molar-refractivity contribution < 1.29 is 4.79 Å². The van der Waals surface area contributed by atoms with Crippen molar-refractivity contribution in [1.82, 2.24) is 29.5 Å². The molecule has 4 heterocycles. The van der Waals surface area contributed by atoms with E-state index in [9.17, 15) is 4.79 Å². The average molecular weight is 326 g/mol. The first-order valence-corrected chi connectivity index (χ1v) is 8.86. The predicted octanol–water partition coefficient (Wildman–Crippen LogP) is 1.07. The number of nitrogens with one attached hydrogen (secondary N) is 1. The molecule has 1 atom stereocenters. The van der Waals surface area contributed by atoms with E-state index in [-0.39, 0.29) is 11.9 Å². The molecular formula is C17H22N6O. The van der Waals surface area contributed by atoms with E-state index in [1.165, 1.54) is 24.2 Å². The Morgan fingerprint density at radius 1 is 1.29 bits per heavy atom. The number of amides is 1. The fourth-order valence-electron chi connectivity index (χ4n) is 4.04. The third kappa shape index (κ3) is 2.34. The summed E-state index contributed by atoms with van der Waals surface area (Å²) in [6.45, 7) is 4.59. The molecule has 1 saturated carbocycles. The molecule has 2 aromatic rings. The number of aromatic amines is 1. The summed E-state index contributed by atoms with van der Waals surface area (Å²) in [6.07, 6.45) is 7.43. The second-order valence-corrected chi connectivity index (χ2v) is 7.20. The smallest absolute Gasteiger partial charge is 0.271 e. The molecule has 7 nitrogen and oxygen atoms in total. The Bertz CT molecular complexity index is 747. The van der Waals surface area contributed by atoms with Crippen LogP contribution in [-0.4, -0.2) is 61.6 Å². The highest BCUT2D eigenvalue weighted by molar-refractivity contribution is 5.92. The monoisotopic (exact) mass is 326 g/mol. The van der Waals surface area contributed by atoms with Gasteiger partial charge in [0.2, 0.25) is 0 Å². The summed E-state index contributed by atoms with van der Waals surface area (Å²) in [5.41, 5.74) is 3.14. The van der Waals surface area contributed by atoms with Gasteiger partial charge in [0.05, 0.1) is 18.1 Å². The van der Waals surface area contributed by atoms with Crippen LogP contribution in [0.1, 0.15) is 40.8 Å². The molecule has 0 aromatic carbocycles. The molecule has 1 saturated heterocycles. The molecule has 2 aromatic heterocycles. The number of imidazole rings is 1. The molecule has 0 bridgehead atoms. The molecule has 7 heteroatoms. The summed E-state index contributed by atoms with van der Waals surface area (Å²) in [5.74, 6) is 0.892. The van der Waals surface area contributed by atoms with Gasteiger partial charge in [-0.2, -0.15) is 5.10 Å². The molecule has 126 valence electrons. The number of rotatable bonds is 3. The highest BCUT2D eigenvalue weighted by atomic mass is 16.2. The van der Waals surface area contributed by atoms with Crippen molar-refractivity contribution in [3.05, 3.63) is 35.7 Å². The van der Waals surface area contributed by atoms with Crippen LogP contribution in [0.5, 0.6) is 0 Å². The highest BCUT2D eigenvalue weighted by Crippen LogP contribution is 2.35. The number of fused-ring (bicyclic) bond motifs is 3. The Hall–Kier alpha value is -2.15. The van der Waals surface area contributed by atoms with Gasteiger partial charge in [-0.15, -0.1) is 0 Å². The Balaban J connectivity index is 1.39. The Morgan fingerprint density at radius 2 is 2.21 bits per heavy atom. The van der Waals surface area contributed by atoms with Gasteiger partial charge in [0.25, 0.3) is 5.91 Å². The normalized spacial score (nSPS) is 23.8. The van der Waals surface area contributed by atoms with Crippen LogP contribution in [0.3, 0.4) is 0 Å². The number of H-pyrrole nitrogens is 1. The lowest BCUT2D eigenvalue weighted by atomic mass is 9.99. The molecule has 1 aliphatic carbocycles. The number of nitrogens with zero attached hydrogens (tertiary/aromatic N) is 5. The van der Waals surface area contributed by atoms with Crippen LogP contribution in [-0.2, 0) is 13.0 Å². The minimum Gasteiger partial charge on any atom is -0.334 e. The fraction of sp³-hybridized carbons (Fsp3) is 0.588. The van der Waals surface area contributed by atoms with Crippen molar-refractivity contribution in [2.24, 2.45) is 5.92 Å². The first-order valence-electron chi connectivity index (χ1n) is 8.86. The molecule has 1 amide bonds. The molecule has 0 spiro atoms. The van der Waals surface area contributed by atoms with E-state index >= 15 is 0 Å². The SMILES string of the molecule is O=C(c1ccn[nH]1)N1CCN2CCc3c(ncn3CC3CC3)C2C1. The lowest BCUT2D eigenvalue weighted by Crippen LogP contribution is -2.52. The zero-order chi connectivity index (χ0) is 16.1. The van der Waals surface area contributed by atoms with Gasteiger partial charge in [0.1, 0.15) is 5.69 Å². The van der Waals surface area contributed by atoms with Crippen LogP contribution in [0.2, 0.25) is 0 Å². The highest BCUT2D eigenvalue weighted by Gasteiger charge is 2.37. The molecule has 1 N–H and O–H groups in total. The predicted molar refractivity (Wildman–Crippen MR) is 87.5 cm³/mol. The number of hydrogen-bond donors (Lipinski definition) is 1. The Kier molecular flexibility index (Phi) is 3.22. The standard InChI is InChI=1S/C17H22N6O/c24-17(13-3-5-19-20-13)22-8-7-21-6-4-14-16(15(21)10-22)18-11-23(14)9-12-1-2-12/h3,5,11-12,15H,1-2,4,6-10H2,(H,19,20). The molecular weight excluding hydrogens is 304 g/mol. The van der Waals surface area contributed by atoms with E-state index in [1.54, 1.807) is 12.3 Å². The summed E-state index contributed by atoms with van der Waals surface area (Å²) >= 11 is 0. The second-order valence-electron chi connectivity index (χ2n) is 7.20. The quantitative estimate of drug-likeness (QED) is 0.916. The van der Waals surface area contributed by atoms with Crippen LogP contribution in [0.25, 0.3) is 0 Å². The van der Waals surface area contributed by atoms with Crippen molar-refractivity contribution >= 4 is 5.91 Å². The molecule has 2 fully saturated rings. The van der Waals surface area contributed by atoms with Gasteiger partial charge in [0, 0.05) is 51.0 Å². The molecule has 1 unspecified atom stereocenters. The van der Waals surface area contributed by atoms with Crippen LogP contribution in [0, 0.1) is 5.92 Å². The second kappa shape index (κ2) is 5.44. The zero-order valence-electron chi connectivity index (χ0n) is 13.7. The summed E-state index contributed by atoms with van der Waals surface area (Å²) in [5, 5.41) is 6.68. The number of carbonyl (C=O) groups is 1. The van der Waals surface area contributed by atoms with Gasteiger partial charge < -0.3 is 9.47 Å². The summed E-state index contributed by atoms with van der Waals surface area (Å²) in [7, 11) is 0. The number of aromatic nitrogens is 4. The summed E-state index contributed by atoms with van der Waals surface area (Å²) in [6, 6.07) is 1.97. The Labute approximate surface area is 140 Å². The summed E-state index contributed by atoms with van der Waals surface area (Å²) in [4.78, 5) is 21.8. The maximum atomic E-state index is 12.6. The van der Waals surface area contributed by atoms with Crippen LogP contribution < -0.4 is 0 Å². The molecule has 0 radical (unpaired) electrons. The first-order chi connectivity index (χ1) is 11.8. The number of hydrogen-bond acceptors (Lipinski definition) is 4. The third-order valence-corrected chi connectivity index (χ3v) is 5.59. The average Bonchev–Trinajstić information content (AvgIpc) is 3.10. The van der Waals surface area contributed by atoms with Gasteiger partial charge in [-0.25, -0.2) is 4.98 Å². The molecule has 5 rings (SSSR count). The minimum absolute atomic E-state index is 0.0386. The fourth-order valence-corrected chi connectivity index (χ4v) is 4.04. The van der Waals surface area contributed by atoms with E-state index in [2.05, 4.69) is 19.7 Å². The van der Waals surface area contributed by atoms with Gasteiger partial charge >= 0.3 is 0 Å². The van der Waals surface area contributed by atoms with Gasteiger partial charge in [-0.3, -0.25) is 14.8 Å². The molecule has 24 heavy (non-hydrogen) atoms. The topological polar surface area (TPSA) is 70.1 Å². The summed E-state index contributed by atoms with van der Waals surface area (Å²) < 4.78 is 2.36. The van der Waals surface area contributed by atoms with Gasteiger partial charge in [-0.05, 0) is 24.8 Å². The van der Waals surface area contributed by atoms with E-state index in [4.69, 9.17) is 4.98 Å². The van der Waals surface area contributed by atoms with Gasteiger partial charge in [0.15, 0.2) is 0 Å². The number of piperazine rings is 1. The first kappa shape index (κ1) is 14.2.